The lowest BCUT2D eigenvalue weighted by Gasteiger charge is -2.14. The van der Waals surface area contributed by atoms with E-state index >= 15 is 0 Å². The lowest BCUT2D eigenvalue weighted by atomic mass is 10.1. The number of carbonyl (C=O) groups is 2. The average Bonchev–Trinajstić information content (AvgIpc) is 3.20. The topological polar surface area (TPSA) is 57.6 Å². The van der Waals surface area contributed by atoms with Crippen LogP contribution in [0.15, 0.2) is 30.3 Å². The van der Waals surface area contributed by atoms with E-state index in [1.165, 1.54) is 21.4 Å². The van der Waals surface area contributed by atoms with E-state index in [-0.39, 0.29) is 5.91 Å². The van der Waals surface area contributed by atoms with Crippen molar-refractivity contribution in [3.8, 4) is 0 Å². The normalized spacial score (nSPS) is 18.4. The predicted molar refractivity (Wildman–Crippen MR) is 88.9 cm³/mol. The van der Waals surface area contributed by atoms with Crippen molar-refractivity contribution >= 4 is 54.0 Å². The number of benzene rings is 1. The molecule has 0 saturated carbocycles. The monoisotopic (exact) mass is 331 g/mol. The summed E-state index contributed by atoms with van der Waals surface area (Å²) in [7, 11) is 0. The smallest absolute Gasteiger partial charge is 0.308 e. The molecule has 1 aromatic carbocycles. The third kappa shape index (κ3) is 2.10. The van der Waals surface area contributed by atoms with E-state index in [0.29, 0.717) is 24.4 Å². The van der Waals surface area contributed by atoms with Gasteiger partial charge in [-0.05, 0) is 18.6 Å². The molecule has 1 fully saturated rings. The van der Waals surface area contributed by atoms with Crippen LogP contribution < -0.4 is 0 Å². The van der Waals surface area contributed by atoms with Crippen LogP contribution in [0.1, 0.15) is 16.1 Å². The molecule has 1 N–H and O–H groups in total. The lowest BCUT2D eigenvalue weighted by molar-refractivity contribution is -0.141. The van der Waals surface area contributed by atoms with Crippen LogP contribution in [0.4, 0.5) is 0 Å². The molecule has 1 atom stereocenters. The van der Waals surface area contributed by atoms with Crippen molar-refractivity contribution < 1.29 is 14.7 Å². The molecule has 1 amide bonds. The minimum atomic E-state index is -0.812. The second-order valence-electron chi connectivity index (χ2n) is 5.48. The molecule has 3 heterocycles. The Bertz CT molecular complexity index is 895. The van der Waals surface area contributed by atoms with Gasteiger partial charge in [-0.1, -0.05) is 18.2 Å². The minimum Gasteiger partial charge on any atom is -0.481 e. The molecule has 0 spiro atoms. The summed E-state index contributed by atoms with van der Waals surface area (Å²) in [6.07, 6.45) is 0.545. The van der Waals surface area contributed by atoms with E-state index in [9.17, 15) is 9.59 Å². The number of rotatable bonds is 2. The molecule has 1 unspecified atom stereocenters. The van der Waals surface area contributed by atoms with E-state index in [1.54, 1.807) is 16.2 Å². The van der Waals surface area contributed by atoms with Gasteiger partial charge in [0.2, 0.25) is 0 Å². The predicted octanol–water partition coefficient (Wildman–Crippen LogP) is 3.66. The van der Waals surface area contributed by atoms with E-state index in [2.05, 4.69) is 12.1 Å². The zero-order valence-electron chi connectivity index (χ0n) is 11.6. The summed E-state index contributed by atoms with van der Waals surface area (Å²) in [5, 5.41) is 10.2. The SMILES string of the molecule is O=C(O)C1CCN(C(=O)c2cc3sc4ccccc4c3s2)C1. The van der Waals surface area contributed by atoms with Crippen LogP contribution in [0.3, 0.4) is 0 Å². The van der Waals surface area contributed by atoms with Gasteiger partial charge in [-0.15, -0.1) is 22.7 Å². The number of hydrogen-bond donors (Lipinski definition) is 1. The van der Waals surface area contributed by atoms with E-state index in [4.69, 9.17) is 5.11 Å². The summed E-state index contributed by atoms with van der Waals surface area (Å²) in [6, 6.07) is 10.1. The fourth-order valence-electron chi connectivity index (χ4n) is 2.91. The first-order chi connectivity index (χ1) is 10.6. The van der Waals surface area contributed by atoms with E-state index in [1.807, 2.05) is 18.2 Å². The summed E-state index contributed by atoms with van der Waals surface area (Å²) in [5.74, 6) is -1.28. The van der Waals surface area contributed by atoms with Gasteiger partial charge in [0.15, 0.2) is 0 Å². The second kappa shape index (κ2) is 5.07. The van der Waals surface area contributed by atoms with Crippen molar-refractivity contribution in [2.45, 2.75) is 6.42 Å². The number of aliphatic carboxylic acids is 1. The number of fused-ring (bicyclic) bond motifs is 3. The third-order valence-electron chi connectivity index (χ3n) is 4.09. The maximum Gasteiger partial charge on any atom is 0.308 e. The Balaban J connectivity index is 1.66. The number of carboxylic acid groups (broad SMARTS) is 1. The molecule has 6 heteroatoms. The molecular formula is C16H13NO3S2. The first-order valence-electron chi connectivity index (χ1n) is 7.06. The second-order valence-corrected chi connectivity index (χ2v) is 7.61. The summed E-state index contributed by atoms with van der Waals surface area (Å²) in [5.41, 5.74) is 0. The van der Waals surface area contributed by atoms with Crippen molar-refractivity contribution in [3.63, 3.8) is 0 Å². The Kier molecular flexibility index (Phi) is 3.16. The largest absolute Gasteiger partial charge is 0.481 e. The summed E-state index contributed by atoms with van der Waals surface area (Å²) >= 11 is 3.20. The van der Waals surface area contributed by atoms with Crippen molar-refractivity contribution in [3.05, 3.63) is 35.2 Å². The molecule has 0 radical (unpaired) electrons. The number of carbonyl (C=O) groups excluding carboxylic acids is 1. The van der Waals surface area contributed by atoms with Crippen molar-refractivity contribution in [1.29, 1.82) is 0 Å². The first-order valence-corrected chi connectivity index (χ1v) is 8.70. The highest BCUT2D eigenvalue weighted by Gasteiger charge is 2.32. The molecule has 2 aromatic heterocycles. The van der Waals surface area contributed by atoms with Gasteiger partial charge in [-0.25, -0.2) is 0 Å². The Morgan fingerprint density at radius 1 is 1.18 bits per heavy atom. The maximum atomic E-state index is 12.6. The number of carboxylic acids is 1. The van der Waals surface area contributed by atoms with Gasteiger partial charge in [0.05, 0.1) is 15.5 Å². The highest BCUT2D eigenvalue weighted by atomic mass is 32.1. The fourth-order valence-corrected chi connectivity index (χ4v) is 5.40. The number of likely N-dealkylation sites (tertiary alicyclic amines) is 1. The molecule has 0 aliphatic carbocycles. The van der Waals surface area contributed by atoms with E-state index in [0.717, 1.165) is 9.40 Å². The van der Waals surface area contributed by atoms with E-state index < -0.39 is 11.9 Å². The summed E-state index contributed by atoms with van der Waals surface area (Å²) < 4.78 is 3.51. The number of thiophene rings is 2. The standard InChI is InChI=1S/C16H13NO3S2/c18-15(17-6-5-9(8-17)16(19)20)13-7-12-14(22-13)10-3-1-2-4-11(10)21-12/h1-4,7,9H,5-6,8H2,(H,19,20). The molecule has 3 aromatic rings. The van der Waals surface area contributed by atoms with Crippen molar-refractivity contribution in [2.24, 2.45) is 5.92 Å². The maximum absolute atomic E-state index is 12.6. The molecule has 22 heavy (non-hydrogen) atoms. The molecule has 0 bridgehead atoms. The van der Waals surface area contributed by atoms with Crippen LogP contribution in [0.25, 0.3) is 19.5 Å². The summed E-state index contributed by atoms with van der Waals surface area (Å²) in [4.78, 5) is 26.0. The Hall–Kier alpha value is -1.92. The van der Waals surface area contributed by atoms with Gasteiger partial charge in [0.25, 0.3) is 5.91 Å². The van der Waals surface area contributed by atoms with Crippen LogP contribution in [0.2, 0.25) is 0 Å². The molecular weight excluding hydrogens is 318 g/mol. The molecule has 4 nitrogen and oxygen atoms in total. The van der Waals surface area contributed by atoms with Crippen molar-refractivity contribution in [2.75, 3.05) is 13.1 Å². The zero-order chi connectivity index (χ0) is 15.3. The van der Waals surface area contributed by atoms with Crippen LogP contribution >= 0.6 is 22.7 Å². The Morgan fingerprint density at radius 2 is 2.00 bits per heavy atom. The zero-order valence-corrected chi connectivity index (χ0v) is 13.2. The highest BCUT2D eigenvalue weighted by molar-refractivity contribution is 7.33. The van der Waals surface area contributed by atoms with Gasteiger partial charge in [0.1, 0.15) is 0 Å². The number of hydrogen-bond acceptors (Lipinski definition) is 4. The Labute approximate surface area is 134 Å². The van der Waals surface area contributed by atoms with Crippen molar-refractivity contribution in [1.82, 2.24) is 4.90 Å². The van der Waals surface area contributed by atoms with Crippen LogP contribution in [0.5, 0.6) is 0 Å². The third-order valence-corrected chi connectivity index (χ3v) is 6.49. The molecule has 1 aliphatic rings. The van der Waals surface area contributed by atoms with Gasteiger partial charge < -0.3 is 10.0 Å². The molecule has 1 aliphatic heterocycles. The van der Waals surface area contributed by atoms with Gasteiger partial charge in [0, 0.05) is 27.9 Å². The van der Waals surface area contributed by atoms with Crippen LogP contribution in [-0.2, 0) is 4.79 Å². The minimum absolute atomic E-state index is 0.0405. The van der Waals surface area contributed by atoms with Gasteiger partial charge >= 0.3 is 5.97 Å². The fraction of sp³-hybridized carbons (Fsp3) is 0.250. The number of nitrogens with zero attached hydrogens (tertiary/aromatic N) is 1. The molecule has 1 saturated heterocycles. The lowest BCUT2D eigenvalue weighted by Crippen LogP contribution is -2.29. The Morgan fingerprint density at radius 3 is 2.77 bits per heavy atom. The first kappa shape index (κ1) is 13.7. The average molecular weight is 331 g/mol. The highest BCUT2D eigenvalue weighted by Crippen LogP contribution is 2.39. The number of amides is 1. The van der Waals surface area contributed by atoms with Gasteiger partial charge in [-0.3, -0.25) is 9.59 Å². The van der Waals surface area contributed by atoms with Crippen LogP contribution in [-0.4, -0.2) is 35.0 Å². The van der Waals surface area contributed by atoms with Crippen LogP contribution in [0, 0.1) is 5.92 Å². The quantitative estimate of drug-likeness (QED) is 0.779. The summed E-state index contributed by atoms with van der Waals surface area (Å²) in [6.45, 7) is 0.850. The van der Waals surface area contributed by atoms with Gasteiger partial charge in [-0.2, -0.15) is 0 Å². The molecule has 4 rings (SSSR count). The molecule has 112 valence electrons.